The summed E-state index contributed by atoms with van der Waals surface area (Å²) in [6, 6.07) is 5.14. The van der Waals surface area contributed by atoms with Crippen LogP contribution in [0.5, 0.6) is 0 Å². The van der Waals surface area contributed by atoms with E-state index in [2.05, 4.69) is 20.3 Å². The van der Waals surface area contributed by atoms with Crippen LogP contribution in [-0.4, -0.2) is 42.3 Å². The Morgan fingerprint density at radius 3 is 2.80 bits per heavy atom. The van der Waals surface area contributed by atoms with Crippen LogP contribution < -0.4 is 0 Å². The number of pyridine rings is 1. The van der Waals surface area contributed by atoms with Crippen molar-refractivity contribution in [3.63, 3.8) is 0 Å². The van der Waals surface area contributed by atoms with Crippen LogP contribution in [0.1, 0.15) is 41.7 Å². The van der Waals surface area contributed by atoms with Crippen LogP contribution in [0.15, 0.2) is 41.2 Å². The van der Waals surface area contributed by atoms with E-state index in [-0.39, 0.29) is 11.9 Å². The number of carbonyl (C=O) groups is 1. The SMILES string of the molecule is Cn1ccc(C(=O)N2CCCC[C@H]2c2nnc(-c3ccncc3)o2)n1. The third-order valence-corrected chi connectivity index (χ3v) is 4.35. The first kappa shape index (κ1) is 15.5. The van der Waals surface area contributed by atoms with Gasteiger partial charge in [-0.15, -0.1) is 10.2 Å². The molecule has 0 aliphatic carbocycles. The Labute approximate surface area is 144 Å². The molecule has 8 nitrogen and oxygen atoms in total. The number of aromatic nitrogens is 5. The van der Waals surface area contributed by atoms with Crippen molar-refractivity contribution in [3.8, 4) is 11.5 Å². The van der Waals surface area contributed by atoms with Gasteiger partial charge in [0.25, 0.3) is 5.91 Å². The molecule has 1 saturated heterocycles. The number of aryl methyl sites for hydroxylation is 1. The lowest BCUT2D eigenvalue weighted by atomic mass is 10.0. The summed E-state index contributed by atoms with van der Waals surface area (Å²) in [5.41, 5.74) is 1.25. The molecule has 3 aromatic heterocycles. The van der Waals surface area contributed by atoms with Crippen LogP contribution in [0.2, 0.25) is 0 Å². The molecule has 0 bridgehead atoms. The number of amides is 1. The maximum absolute atomic E-state index is 12.8. The fraction of sp³-hybridized carbons (Fsp3) is 0.353. The Bertz CT molecular complexity index is 872. The van der Waals surface area contributed by atoms with Crippen molar-refractivity contribution in [1.29, 1.82) is 0 Å². The van der Waals surface area contributed by atoms with Crippen LogP contribution >= 0.6 is 0 Å². The largest absolute Gasteiger partial charge is 0.418 e. The topological polar surface area (TPSA) is 89.9 Å². The Morgan fingerprint density at radius 2 is 2.04 bits per heavy atom. The monoisotopic (exact) mass is 338 g/mol. The van der Waals surface area contributed by atoms with Crippen molar-refractivity contribution in [1.82, 2.24) is 29.9 Å². The zero-order valence-corrected chi connectivity index (χ0v) is 13.9. The Morgan fingerprint density at radius 1 is 1.20 bits per heavy atom. The van der Waals surface area contributed by atoms with Gasteiger partial charge in [-0.05, 0) is 37.5 Å². The summed E-state index contributed by atoms with van der Waals surface area (Å²) in [5, 5.41) is 12.5. The van der Waals surface area contributed by atoms with Crippen LogP contribution in [0, 0.1) is 0 Å². The van der Waals surface area contributed by atoms with E-state index in [1.54, 1.807) is 41.3 Å². The molecule has 1 aliphatic rings. The average molecular weight is 338 g/mol. The van der Waals surface area contributed by atoms with Crippen molar-refractivity contribution >= 4 is 5.91 Å². The maximum atomic E-state index is 12.8. The van der Waals surface area contributed by atoms with Gasteiger partial charge in [0.15, 0.2) is 0 Å². The molecule has 1 aliphatic heterocycles. The molecule has 0 spiro atoms. The van der Waals surface area contributed by atoms with Crippen LogP contribution in [0.3, 0.4) is 0 Å². The standard InChI is InChI=1S/C17H18N6O2/c1-22-11-7-13(21-22)17(24)23-10-3-2-4-14(23)16-20-19-15(25-16)12-5-8-18-9-6-12/h5-9,11,14H,2-4,10H2,1H3/t14-/m0/s1. The van der Waals surface area contributed by atoms with Gasteiger partial charge < -0.3 is 9.32 Å². The van der Waals surface area contributed by atoms with Gasteiger partial charge in [0.05, 0.1) is 0 Å². The number of hydrogen-bond acceptors (Lipinski definition) is 6. The van der Waals surface area contributed by atoms with Gasteiger partial charge >= 0.3 is 0 Å². The summed E-state index contributed by atoms with van der Waals surface area (Å²) in [6.45, 7) is 0.660. The summed E-state index contributed by atoms with van der Waals surface area (Å²) < 4.78 is 7.49. The van der Waals surface area contributed by atoms with Gasteiger partial charge in [0, 0.05) is 37.7 Å². The molecule has 8 heteroatoms. The van der Waals surface area contributed by atoms with E-state index >= 15 is 0 Å². The molecule has 4 rings (SSSR count). The lowest BCUT2D eigenvalue weighted by molar-refractivity contribution is 0.0565. The predicted molar refractivity (Wildman–Crippen MR) is 88.4 cm³/mol. The number of rotatable bonds is 3. The lowest BCUT2D eigenvalue weighted by Gasteiger charge is -2.32. The van der Waals surface area contributed by atoms with E-state index in [1.165, 1.54) is 0 Å². The summed E-state index contributed by atoms with van der Waals surface area (Å²) >= 11 is 0. The number of piperidine rings is 1. The molecule has 0 N–H and O–H groups in total. The van der Waals surface area contributed by atoms with Gasteiger partial charge in [-0.1, -0.05) is 0 Å². The Hall–Kier alpha value is -3.03. The lowest BCUT2D eigenvalue weighted by Crippen LogP contribution is -2.39. The molecule has 1 amide bonds. The van der Waals surface area contributed by atoms with Gasteiger partial charge in [0.2, 0.25) is 11.8 Å². The molecule has 3 aromatic rings. The quantitative estimate of drug-likeness (QED) is 0.727. The highest BCUT2D eigenvalue weighted by atomic mass is 16.4. The van der Waals surface area contributed by atoms with Crippen LogP contribution in [-0.2, 0) is 7.05 Å². The molecular formula is C17H18N6O2. The third-order valence-electron chi connectivity index (χ3n) is 4.35. The Kier molecular flexibility index (Phi) is 4.01. The van der Waals surface area contributed by atoms with Gasteiger partial charge in [0.1, 0.15) is 11.7 Å². The molecule has 0 saturated carbocycles. The van der Waals surface area contributed by atoms with E-state index in [0.29, 0.717) is 24.0 Å². The molecule has 4 heterocycles. The first-order chi connectivity index (χ1) is 12.2. The highest BCUT2D eigenvalue weighted by Crippen LogP contribution is 2.32. The van der Waals surface area contributed by atoms with Crippen LogP contribution in [0.25, 0.3) is 11.5 Å². The second-order valence-corrected chi connectivity index (χ2v) is 6.07. The molecule has 1 atom stereocenters. The number of nitrogens with zero attached hydrogens (tertiary/aromatic N) is 6. The maximum Gasteiger partial charge on any atom is 0.275 e. The van der Waals surface area contributed by atoms with Crippen molar-refractivity contribution < 1.29 is 9.21 Å². The second kappa shape index (κ2) is 6.46. The van der Waals surface area contributed by atoms with E-state index in [9.17, 15) is 4.79 Å². The summed E-state index contributed by atoms with van der Waals surface area (Å²) in [6.07, 6.45) is 7.90. The molecule has 0 radical (unpaired) electrons. The predicted octanol–water partition coefficient (Wildman–Crippen LogP) is 2.23. The zero-order chi connectivity index (χ0) is 17.2. The minimum atomic E-state index is -0.216. The third kappa shape index (κ3) is 3.02. The number of hydrogen-bond donors (Lipinski definition) is 0. The van der Waals surface area contributed by atoms with Gasteiger partial charge in [-0.3, -0.25) is 14.5 Å². The summed E-state index contributed by atoms with van der Waals surface area (Å²) in [4.78, 5) is 18.6. The molecule has 128 valence electrons. The van der Waals surface area contributed by atoms with E-state index in [0.717, 1.165) is 24.8 Å². The van der Waals surface area contributed by atoms with E-state index in [1.807, 2.05) is 12.1 Å². The minimum absolute atomic E-state index is 0.103. The molecule has 1 fully saturated rings. The van der Waals surface area contributed by atoms with Crippen molar-refractivity contribution in [2.24, 2.45) is 7.05 Å². The van der Waals surface area contributed by atoms with E-state index in [4.69, 9.17) is 4.42 Å². The number of carbonyl (C=O) groups excluding carboxylic acids is 1. The molecule has 25 heavy (non-hydrogen) atoms. The normalized spacial score (nSPS) is 17.6. The first-order valence-corrected chi connectivity index (χ1v) is 8.27. The fourth-order valence-corrected chi connectivity index (χ4v) is 3.09. The summed E-state index contributed by atoms with van der Waals surface area (Å²) in [7, 11) is 1.80. The van der Waals surface area contributed by atoms with Gasteiger partial charge in [-0.2, -0.15) is 5.10 Å². The smallest absolute Gasteiger partial charge is 0.275 e. The second-order valence-electron chi connectivity index (χ2n) is 6.07. The molecular weight excluding hydrogens is 320 g/mol. The number of likely N-dealkylation sites (tertiary alicyclic amines) is 1. The average Bonchev–Trinajstić information content (AvgIpc) is 3.31. The zero-order valence-electron chi connectivity index (χ0n) is 13.9. The molecule has 0 unspecified atom stereocenters. The van der Waals surface area contributed by atoms with Crippen LogP contribution in [0.4, 0.5) is 0 Å². The summed E-state index contributed by atoms with van der Waals surface area (Å²) in [5.74, 6) is 0.804. The minimum Gasteiger partial charge on any atom is -0.418 e. The highest BCUT2D eigenvalue weighted by molar-refractivity contribution is 5.92. The van der Waals surface area contributed by atoms with E-state index < -0.39 is 0 Å². The van der Waals surface area contributed by atoms with Gasteiger partial charge in [-0.25, -0.2) is 0 Å². The first-order valence-electron chi connectivity index (χ1n) is 8.27. The van der Waals surface area contributed by atoms with Crippen molar-refractivity contribution in [2.45, 2.75) is 25.3 Å². The Balaban J connectivity index is 1.61. The highest BCUT2D eigenvalue weighted by Gasteiger charge is 2.33. The van der Waals surface area contributed by atoms with Crippen molar-refractivity contribution in [2.75, 3.05) is 6.54 Å². The van der Waals surface area contributed by atoms with Crippen molar-refractivity contribution in [3.05, 3.63) is 48.4 Å². The molecule has 0 aromatic carbocycles. The fourth-order valence-electron chi connectivity index (χ4n) is 3.09.